The first-order valence-electron chi connectivity index (χ1n) is 6.09. The van der Waals surface area contributed by atoms with Crippen molar-refractivity contribution in [2.75, 3.05) is 18.8 Å². The third kappa shape index (κ3) is 1.23. The molecular weight excluding hydrogens is 242 g/mol. The fourth-order valence-electron chi connectivity index (χ4n) is 4.45. The van der Waals surface area contributed by atoms with Gasteiger partial charge in [-0.05, 0) is 12.8 Å². The Morgan fingerprint density at radius 3 is 2.65 bits per heavy atom. The molecule has 17 heavy (non-hydrogen) atoms. The highest BCUT2D eigenvalue weighted by Gasteiger charge is 2.71. The van der Waals surface area contributed by atoms with Gasteiger partial charge in [0.25, 0.3) is 0 Å². The second-order valence-electron chi connectivity index (χ2n) is 5.77. The molecular formula is C11H17NO4S. The maximum atomic E-state index is 12.2. The molecule has 0 spiro atoms. The van der Waals surface area contributed by atoms with Gasteiger partial charge in [-0.25, -0.2) is 8.42 Å². The number of carboxylic acids is 1. The molecule has 2 N–H and O–H groups in total. The third-order valence-corrected chi connectivity index (χ3v) is 7.38. The van der Waals surface area contributed by atoms with E-state index in [-0.39, 0.29) is 11.2 Å². The minimum Gasteiger partial charge on any atom is -0.480 e. The van der Waals surface area contributed by atoms with Gasteiger partial charge in [-0.1, -0.05) is 12.8 Å². The van der Waals surface area contributed by atoms with Crippen molar-refractivity contribution < 1.29 is 18.3 Å². The average Bonchev–Trinajstić information content (AvgIpc) is 2.62. The van der Waals surface area contributed by atoms with E-state index in [1.807, 2.05) is 0 Å². The lowest BCUT2D eigenvalue weighted by atomic mass is 9.57. The standard InChI is InChI=1S/C11H17NO4S/c13-9(14)8-11-4-2-1-3-10(11,5-12-6-11)7-17(8,15)16/h8,12H,1-7H2,(H,13,14). The van der Waals surface area contributed by atoms with Crippen molar-refractivity contribution in [1.82, 2.24) is 5.32 Å². The van der Waals surface area contributed by atoms with E-state index in [9.17, 15) is 18.3 Å². The summed E-state index contributed by atoms with van der Waals surface area (Å²) in [6, 6.07) is 0. The van der Waals surface area contributed by atoms with Gasteiger partial charge in [-0.2, -0.15) is 0 Å². The summed E-state index contributed by atoms with van der Waals surface area (Å²) in [6.07, 6.45) is 3.55. The molecule has 1 saturated carbocycles. The van der Waals surface area contributed by atoms with E-state index in [0.29, 0.717) is 13.1 Å². The van der Waals surface area contributed by atoms with E-state index in [1.165, 1.54) is 0 Å². The first kappa shape index (κ1) is 11.5. The molecule has 1 aliphatic carbocycles. The molecule has 2 heterocycles. The summed E-state index contributed by atoms with van der Waals surface area (Å²) in [4.78, 5) is 11.4. The van der Waals surface area contributed by atoms with Crippen LogP contribution in [0.2, 0.25) is 0 Å². The Balaban J connectivity index is 2.18. The Bertz CT molecular complexity index is 474. The molecule has 5 nitrogen and oxygen atoms in total. The maximum Gasteiger partial charge on any atom is 0.322 e. The number of hydrogen-bond acceptors (Lipinski definition) is 4. The fourth-order valence-corrected chi connectivity index (χ4v) is 7.37. The number of nitrogens with one attached hydrogen (secondary N) is 1. The van der Waals surface area contributed by atoms with Gasteiger partial charge in [0.2, 0.25) is 0 Å². The Labute approximate surface area is 101 Å². The van der Waals surface area contributed by atoms with Crippen LogP contribution in [-0.2, 0) is 14.6 Å². The maximum absolute atomic E-state index is 12.2. The molecule has 2 aliphatic heterocycles. The van der Waals surface area contributed by atoms with Crippen molar-refractivity contribution >= 4 is 15.8 Å². The van der Waals surface area contributed by atoms with Crippen molar-refractivity contribution in [3.05, 3.63) is 0 Å². The molecule has 3 rings (SSSR count). The van der Waals surface area contributed by atoms with Crippen LogP contribution in [0.3, 0.4) is 0 Å². The van der Waals surface area contributed by atoms with Crippen LogP contribution in [0.15, 0.2) is 0 Å². The van der Waals surface area contributed by atoms with Gasteiger partial charge in [-0.15, -0.1) is 0 Å². The minimum absolute atomic E-state index is 0.0595. The number of carboxylic acid groups (broad SMARTS) is 1. The Hall–Kier alpha value is -0.620. The Morgan fingerprint density at radius 2 is 1.94 bits per heavy atom. The molecule has 0 amide bonds. The average molecular weight is 259 g/mol. The largest absolute Gasteiger partial charge is 0.480 e. The zero-order valence-electron chi connectivity index (χ0n) is 9.61. The van der Waals surface area contributed by atoms with Crippen molar-refractivity contribution in [2.24, 2.45) is 10.8 Å². The van der Waals surface area contributed by atoms with Crippen molar-refractivity contribution in [3.63, 3.8) is 0 Å². The number of carbonyl (C=O) groups is 1. The first-order valence-corrected chi connectivity index (χ1v) is 7.80. The summed E-state index contributed by atoms with van der Waals surface area (Å²) in [5.41, 5.74) is -0.858. The van der Waals surface area contributed by atoms with E-state index >= 15 is 0 Å². The quantitative estimate of drug-likeness (QED) is 0.693. The van der Waals surface area contributed by atoms with E-state index in [4.69, 9.17) is 0 Å². The van der Waals surface area contributed by atoms with Crippen LogP contribution in [0, 0.1) is 10.8 Å². The van der Waals surface area contributed by atoms with Crippen LogP contribution in [0.4, 0.5) is 0 Å². The SMILES string of the molecule is O=C(O)C1C23CCCCC2(CNC3)CS1(=O)=O. The van der Waals surface area contributed by atoms with Crippen molar-refractivity contribution in [1.29, 1.82) is 0 Å². The van der Waals surface area contributed by atoms with Gasteiger partial charge in [0, 0.05) is 23.9 Å². The highest BCUT2D eigenvalue weighted by molar-refractivity contribution is 7.93. The van der Waals surface area contributed by atoms with Crippen LogP contribution in [0.5, 0.6) is 0 Å². The van der Waals surface area contributed by atoms with Crippen molar-refractivity contribution in [2.45, 2.75) is 30.9 Å². The highest BCUT2D eigenvalue weighted by atomic mass is 32.2. The topological polar surface area (TPSA) is 83.5 Å². The molecule has 3 aliphatic rings. The number of sulfone groups is 1. The molecule has 3 atom stereocenters. The van der Waals surface area contributed by atoms with Gasteiger partial charge in [-0.3, -0.25) is 4.79 Å². The van der Waals surface area contributed by atoms with Crippen LogP contribution < -0.4 is 5.32 Å². The second kappa shape index (κ2) is 3.23. The van der Waals surface area contributed by atoms with E-state index in [1.54, 1.807) is 0 Å². The van der Waals surface area contributed by atoms with Gasteiger partial charge in [0.15, 0.2) is 15.1 Å². The highest BCUT2D eigenvalue weighted by Crippen LogP contribution is 2.61. The van der Waals surface area contributed by atoms with Crippen LogP contribution in [0.1, 0.15) is 25.7 Å². The van der Waals surface area contributed by atoms with Gasteiger partial charge in [0.1, 0.15) is 0 Å². The molecule has 3 fully saturated rings. The summed E-state index contributed by atoms with van der Waals surface area (Å²) >= 11 is 0. The summed E-state index contributed by atoms with van der Waals surface area (Å²) in [6.45, 7) is 1.21. The first-order chi connectivity index (χ1) is 7.94. The van der Waals surface area contributed by atoms with Crippen LogP contribution in [0.25, 0.3) is 0 Å². The molecule has 0 bridgehead atoms. The summed E-state index contributed by atoms with van der Waals surface area (Å²) < 4.78 is 24.3. The van der Waals surface area contributed by atoms with E-state index in [2.05, 4.69) is 5.32 Å². The zero-order valence-corrected chi connectivity index (χ0v) is 10.4. The number of aliphatic carboxylic acids is 1. The van der Waals surface area contributed by atoms with Crippen LogP contribution in [-0.4, -0.2) is 43.6 Å². The summed E-state index contributed by atoms with van der Waals surface area (Å²) in [7, 11) is -3.49. The summed E-state index contributed by atoms with van der Waals surface area (Å²) in [5, 5.41) is 11.4. The molecule has 0 aromatic heterocycles. The molecule has 0 aromatic rings. The molecule has 6 heteroatoms. The number of rotatable bonds is 1. The Morgan fingerprint density at radius 1 is 1.24 bits per heavy atom. The Kier molecular flexibility index (Phi) is 2.18. The zero-order chi connectivity index (χ0) is 12.3. The van der Waals surface area contributed by atoms with Crippen LogP contribution >= 0.6 is 0 Å². The third-order valence-electron chi connectivity index (χ3n) is 5.05. The normalized spacial score (nSPS) is 47.4. The van der Waals surface area contributed by atoms with Gasteiger partial charge < -0.3 is 10.4 Å². The molecule has 3 unspecified atom stereocenters. The monoisotopic (exact) mass is 259 g/mol. The molecule has 0 aromatic carbocycles. The summed E-state index contributed by atoms with van der Waals surface area (Å²) in [5.74, 6) is -1.10. The lowest BCUT2D eigenvalue weighted by molar-refractivity contribution is -0.140. The predicted molar refractivity (Wildman–Crippen MR) is 61.4 cm³/mol. The van der Waals surface area contributed by atoms with E-state index in [0.717, 1.165) is 25.7 Å². The second-order valence-corrected chi connectivity index (χ2v) is 7.86. The van der Waals surface area contributed by atoms with Gasteiger partial charge >= 0.3 is 5.97 Å². The van der Waals surface area contributed by atoms with E-state index < -0.39 is 26.5 Å². The molecule has 0 radical (unpaired) electrons. The lowest BCUT2D eigenvalue weighted by Gasteiger charge is -2.44. The number of hydrogen-bond donors (Lipinski definition) is 2. The molecule has 2 saturated heterocycles. The fraction of sp³-hybridized carbons (Fsp3) is 0.909. The van der Waals surface area contributed by atoms with Gasteiger partial charge in [0.05, 0.1) is 5.75 Å². The minimum atomic E-state index is -3.49. The lowest BCUT2D eigenvalue weighted by Crippen LogP contribution is -2.49. The molecule has 96 valence electrons. The smallest absolute Gasteiger partial charge is 0.322 e. The van der Waals surface area contributed by atoms with Crippen molar-refractivity contribution in [3.8, 4) is 0 Å². The predicted octanol–water partition coefficient (Wildman–Crippen LogP) is 0.0180.